The predicted molar refractivity (Wildman–Crippen MR) is 154 cm³/mol. The van der Waals surface area contributed by atoms with E-state index in [-0.39, 0.29) is 46.9 Å². The molecule has 6 heterocycles. The van der Waals surface area contributed by atoms with E-state index >= 15 is 0 Å². The molecule has 2 aliphatic rings. The smallest absolute Gasteiger partial charge is 0.272 e. The third-order valence-electron chi connectivity index (χ3n) is 8.53. The molecule has 43 heavy (non-hydrogen) atoms. The second-order valence-electron chi connectivity index (χ2n) is 11.1. The molecule has 3 atom stereocenters. The highest BCUT2D eigenvalue weighted by atomic mass is 19.1. The summed E-state index contributed by atoms with van der Waals surface area (Å²) in [5.41, 5.74) is 15.8. The van der Waals surface area contributed by atoms with Gasteiger partial charge in [0.15, 0.2) is 11.4 Å². The van der Waals surface area contributed by atoms with Crippen molar-refractivity contribution in [1.29, 1.82) is 0 Å². The number of carbonyl (C=O) groups excluding carboxylic acids is 2. The third-order valence-corrected chi connectivity index (χ3v) is 8.53. The minimum Gasteiger partial charge on any atom is -0.383 e. The topological polar surface area (TPSA) is 161 Å². The number of hydrogen-bond acceptors (Lipinski definition) is 8. The number of nitrogens with one attached hydrogen (secondary N) is 1. The number of rotatable bonds is 5. The van der Waals surface area contributed by atoms with Crippen LogP contribution in [0.4, 0.5) is 20.4 Å². The Morgan fingerprint density at radius 2 is 1.77 bits per heavy atom. The summed E-state index contributed by atoms with van der Waals surface area (Å²) >= 11 is 0. The highest BCUT2D eigenvalue weighted by Gasteiger charge is 2.45. The molecule has 7 rings (SSSR count). The number of carbonyl (C=O) groups is 2. The molecule has 2 saturated heterocycles. The van der Waals surface area contributed by atoms with Crippen LogP contribution in [0.1, 0.15) is 65.1 Å². The first-order valence-electron chi connectivity index (χ1n) is 13.9. The van der Waals surface area contributed by atoms with Crippen molar-refractivity contribution >= 4 is 29.0 Å². The number of halogens is 2. The number of ketones is 1. The number of nitrogens with zero attached hydrogens (tertiary/aromatic N) is 6. The number of anilines is 2. The number of fused-ring (bicyclic) bond motifs is 3. The van der Waals surface area contributed by atoms with Gasteiger partial charge in [-0.2, -0.15) is 14.7 Å². The van der Waals surface area contributed by atoms with Crippen LogP contribution in [-0.2, 0) is 0 Å². The number of aromatic nitrogens is 6. The monoisotopic (exact) mass is 583 g/mol. The summed E-state index contributed by atoms with van der Waals surface area (Å²) in [7, 11) is 0. The van der Waals surface area contributed by atoms with E-state index in [4.69, 9.17) is 16.5 Å². The van der Waals surface area contributed by atoms with Crippen molar-refractivity contribution in [1.82, 2.24) is 34.7 Å². The van der Waals surface area contributed by atoms with Gasteiger partial charge in [0.2, 0.25) is 0 Å². The average molecular weight is 584 g/mol. The molecular weight excluding hydrogens is 556 g/mol. The van der Waals surface area contributed by atoms with Crippen molar-refractivity contribution in [2.24, 2.45) is 0 Å². The summed E-state index contributed by atoms with van der Waals surface area (Å²) in [5, 5.41) is 11.0. The zero-order valence-electron chi connectivity index (χ0n) is 23.1. The lowest BCUT2D eigenvalue weighted by atomic mass is 9.85. The molecule has 13 heteroatoms. The molecule has 4 aromatic heterocycles. The largest absolute Gasteiger partial charge is 0.383 e. The zero-order valence-corrected chi connectivity index (χ0v) is 23.1. The number of amides is 1. The molecule has 2 aliphatic heterocycles. The van der Waals surface area contributed by atoms with Crippen LogP contribution in [0.2, 0.25) is 0 Å². The third kappa shape index (κ3) is 4.39. The Kier molecular flexibility index (Phi) is 6.18. The van der Waals surface area contributed by atoms with Crippen molar-refractivity contribution in [3.63, 3.8) is 0 Å². The van der Waals surface area contributed by atoms with E-state index in [0.29, 0.717) is 52.3 Å². The number of nitrogen functional groups attached to an aromatic ring is 2. The minimum atomic E-state index is -0.706. The Morgan fingerprint density at radius 1 is 1.00 bits per heavy atom. The molecule has 1 amide bonds. The summed E-state index contributed by atoms with van der Waals surface area (Å²) in [6.45, 7) is 1.46. The molecule has 0 saturated carbocycles. The van der Waals surface area contributed by atoms with Gasteiger partial charge in [0.25, 0.3) is 5.91 Å². The van der Waals surface area contributed by atoms with Crippen molar-refractivity contribution in [2.75, 3.05) is 11.5 Å². The lowest BCUT2D eigenvalue weighted by Gasteiger charge is -2.39. The molecule has 218 valence electrons. The molecule has 5 N–H and O–H groups in total. The molecule has 2 fully saturated rings. The number of pyridine rings is 1. The van der Waals surface area contributed by atoms with E-state index in [1.165, 1.54) is 29.6 Å². The van der Waals surface area contributed by atoms with Gasteiger partial charge < -0.3 is 16.4 Å². The number of nitrogens with two attached hydrogens (primary N) is 2. The van der Waals surface area contributed by atoms with Gasteiger partial charge in [-0.15, -0.1) is 0 Å². The Hall–Kier alpha value is -5.20. The zero-order chi connectivity index (χ0) is 30.0. The lowest BCUT2D eigenvalue weighted by molar-refractivity contribution is 0.0562. The SMILES string of the molecule is CC(=O)c1c(C2C[C@H]3CC[C@@H](C2)N3C(=O)c2cc(N)n[nH]2)nc2c(-c3ccc(-c4ccc(F)cc4F)nc3)cnn2c1N. The van der Waals surface area contributed by atoms with E-state index in [2.05, 4.69) is 20.3 Å². The van der Waals surface area contributed by atoms with Crippen molar-refractivity contribution in [3.05, 3.63) is 77.4 Å². The van der Waals surface area contributed by atoms with Gasteiger partial charge in [0.05, 0.1) is 23.1 Å². The van der Waals surface area contributed by atoms with Crippen LogP contribution in [0, 0.1) is 11.6 Å². The predicted octanol–water partition coefficient (Wildman–Crippen LogP) is 4.38. The summed E-state index contributed by atoms with van der Waals surface area (Å²) in [6.07, 6.45) is 6.10. The first-order valence-corrected chi connectivity index (χ1v) is 13.9. The van der Waals surface area contributed by atoms with Gasteiger partial charge in [-0.05, 0) is 50.8 Å². The molecule has 2 bridgehead atoms. The first-order chi connectivity index (χ1) is 20.7. The van der Waals surface area contributed by atoms with Gasteiger partial charge in [0.1, 0.15) is 29.0 Å². The molecule has 0 radical (unpaired) electrons. The van der Waals surface area contributed by atoms with E-state index in [0.717, 1.165) is 18.9 Å². The van der Waals surface area contributed by atoms with Gasteiger partial charge in [-0.1, -0.05) is 6.07 Å². The van der Waals surface area contributed by atoms with Crippen molar-refractivity contribution < 1.29 is 18.4 Å². The quantitative estimate of drug-likeness (QED) is 0.257. The maximum absolute atomic E-state index is 14.3. The first kappa shape index (κ1) is 26.7. The Bertz CT molecular complexity index is 1900. The van der Waals surface area contributed by atoms with E-state index in [1.54, 1.807) is 24.5 Å². The summed E-state index contributed by atoms with van der Waals surface area (Å²) in [6, 6.07) is 8.20. The fourth-order valence-electron chi connectivity index (χ4n) is 6.62. The maximum Gasteiger partial charge on any atom is 0.272 e. The highest BCUT2D eigenvalue weighted by molar-refractivity contribution is 6.00. The average Bonchev–Trinajstić information content (AvgIpc) is 3.68. The number of hydrogen-bond donors (Lipinski definition) is 3. The van der Waals surface area contributed by atoms with Gasteiger partial charge in [-0.3, -0.25) is 19.7 Å². The molecule has 0 aliphatic carbocycles. The Morgan fingerprint density at radius 3 is 2.40 bits per heavy atom. The summed E-state index contributed by atoms with van der Waals surface area (Å²) in [5.74, 6) is -1.39. The highest BCUT2D eigenvalue weighted by Crippen LogP contribution is 2.45. The minimum absolute atomic E-state index is 0.0344. The van der Waals surface area contributed by atoms with Gasteiger partial charge in [0, 0.05) is 53.0 Å². The number of benzene rings is 1. The Labute approximate surface area is 243 Å². The summed E-state index contributed by atoms with van der Waals surface area (Å²) < 4.78 is 29.1. The van der Waals surface area contributed by atoms with E-state index < -0.39 is 11.6 Å². The van der Waals surface area contributed by atoms with Crippen molar-refractivity contribution in [2.45, 2.75) is 50.6 Å². The van der Waals surface area contributed by atoms with Gasteiger partial charge >= 0.3 is 0 Å². The molecule has 0 spiro atoms. The van der Waals surface area contributed by atoms with Crippen LogP contribution in [0.5, 0.6) is 0 Å². The maximum atomic E-state index is 14.3. The van der Waals surface area contributed by atoms with Crippen LogP contribution in [0.3, 0.4) is 0 Å². The number of piperidine rings is 1. The molecule has 5 aromatic rings. The number of aromatic amines is 1. The molecule has 1 unspecified atom stereocenters. The van der Waals surface area contributed by atoms with Crippen LogP contribution in [-0.4, -0.2) is 58.5 Å². The van der Waals surface area contributed by atoms with Crippen LogP contribution >= 0.6 is 0 Å². The van der Waals surface area contributed by atoms with Crippen LogP contribution < -0.4 is 11.5 Å². The van der Waals surface area contributed by atoms with Crippen LogP contribution in [0.25, 0.3) is 28.0 Å². The fraction of sp³-hybridized carbons (Fsp3) is 0.267. The van der Waals surface area contributed by atoms with E-state index in [9.17, 15) is 18.4 Å². The fourth-order valence-corrected chi connectivity index (χ4v) is 6.62. The molecular formula is C30H27F2N9O2. The molecule has 11 nitrogen and oxygen atoms in total. The van der Waals surface area contributed by atoms with Gasteiger partial charge in [-0.25, -0.2) is 13.8 Å². The second-order valence-corrected chi connectivity index (χ2v) is 11.1. The summed E-state index contributed by atoms with van der Waals surface area (Å²) in [4.78, 5) is 37.5. The number of H-pyrrole nitrogens is 1. The van der Waals surface area contributed by atoms with E-state index in [1.807, 2.05) is 4.90 Å². The molecule has 1 aromatic carbocycles. The second kappa shape index (κ2) is 9.96. The van der Waals surface area contributed by atoms with Crippen LogP contribution in [0.15, 0.2) is 48.8 Å². The Balaban J connectivity index is 1.24. The lowest BCUT2D eigenvalue weighted by Crippen LogP contribution is -2.46. The number of Topliss-reactive ketones (excluding diaryl/α,β-unsaturated/α-hetero) is 1. The normalized spacial score (nSPS) is 19.7. The standard InChI is InChI=1S/C30H27F2N9O2/c1-14(42)26-27(16-8-18-4-5-19(9-16)40(18)30(43)24-11-25(33)39-38-24)37-29-21(13-36-41(29)28(26)34)15-2-7-23(35-12-15)20-6-3-17(31)10-22(20)32/h2-3,6-7,10-13,16,18-19H,4-5,8-9,34H2,1H3,(H3,33,38,39)/t16?,18-,19+. The van der Waals surface area contributed by atoms with Crippen molar-refractivity contribution in [3.8, 4) is 22.4 Å².